The smallest absolute Gasteiger partial charge is 0.259 e. The number of carbonyl (C=O) groups is 1. The highest BCUT2D eigenvalue weighted by atomic mass is 35.5. The molecule has 0 unspecified atom stereocenters. The first-order valence-electron chi connectivity index (χ1n) is 9.97. The number of hydrogen-bond donors (Lipinski definition) is 2. The molecular formula is C23H24ClN3O2S. The third kappa shape index (κ3) is 4.45. The van der Waals surface area contributed by atoms with Crippen LogP contribution in [0, 0.1) is 5.92 Å². The van der Waals surface area contributed by atoms with Gasteiger partial charge >= 0.3 is 0 Å². The molecule has 0 spiro atoms. The van der Waals surface area contributed by atoms with Crippen LogP contribution >= 0.6 is 22.9 Å². The molecule has 1 aliphatic rings. The first kappa shape index (κ1) is 20.7. The van der Waals surface area contributed by atoms with Gasteiger partial charge in [0.05, 0.1) is 18.4 Å². The lowest BCUT2D eigenvalue weighted by Crippen LogP contribution is -2.18. The van der Waals surface area contributed by atoms with Crippen LogP contribution in [0.4, 0.5) is 10.7 Å². The van der Waals surface area contributed by atoms with Crippen LogP contribution in [-0.4, -0.2) is 18.0 Å². The van der Waals surface area contributed by atoms with Crippen molar-refractivity contribution in [2.75, 3.05) is 17.7 Å². The second-order valence-electron chi connectivity index (χ2n) is 7.56. The number of thiophene rings is 1. The maximum Gasteiger partial charge on any atom is 0.259 e. The Bertz CT molecular complexity index is 1050. The second kappa shape index (κ2) is 9.06. The minimum Gasteiger partial charge on any atom is -0.495 e. The monoisotopic (exact) mass is 441 g/mol. The van der Waals surface area contributed by atoms with E-state index in [9.17, 15) is 4.79 Å². The van der Waals surface area contributed by atoms with E-state index in [0.717, 1.165) is 41.0 Å². The van der Waals surface area contributed by atoms with Gasteiger partial charge in [0.25, 0.3) is 5.91 Å². The van der Waals surface area contributed by atoms with E-state index in [4.69, 9.17) is 16.3 Å². The second-order valence-corrected chi connectivity index (χ2v) is 9.11. The Balaban J connectivity index is 1.65. The third-order valence-corrected chi connectivity index (χ3v) is 6.80. The zero-order valence-corrected chi connectivity index (χ0v) is 18.6. The lowest BCUT2D eigenvalue weighted by molar-refractivity contribution is 0.102. The number of carbonyl (C=O) groups excluding carboxylic acids is 1. The Kier molecular flexibility index (Phi) is 6.25. The highest BCUT2D eigenvalue weighted by molar-refractivity contribution is 7.16. The van der Waals surface area contributed by atoms with Gasteiger partial charge in [-0.15, -0.1) is 11.3 Å². The number of aromatic nitrogens is 1. The van der Waals surface area contributed by atoms with Crippen molar-refractivity contribution >= 4 is 39.5 Å². The van der Waals surface area contributed by atoms with Gasteiger partial charge in [-0.05, 0) is 66.6 Å². The summed E-state index contributed by atoms with van der Waals surface area (Å²) in [7, 11) is 1.58. The fraction of sp³-hybridized carbons (Fsp3) is 0.304. The van der Waals surface area contributed by atoms with Gasteiger partial charge in [0.15, 0.2) is 0 Å². The number of pyridine rings is 1. The molecule has 3 aromatic rings. The summed E-state index contributed by atoms with van der Waals surface area (Å²) in [6.45, 7) is 2.90. The molecule has 156 valence electrons. The lowest BCUT2D eigenvalue weighted by atomic mass is 9.88. The van der Waals surface area contributed by atoms with Crippen LogP contribution in [0.2, 0.25) is 5.02 Å². The van der Waals surface area contributed by atoms with Crippen molar-refractivity contribution < 1.29 is 9.53 Å². The summed E-state index contributed by atoms with van der Waals surface area (Å²) in [5.41, 5.74) is 3.58. The highest BCUT2D eigenvalue weighted by Gasteiger charge is 2.28. The maximum absolute atomic E-state index is 13.4. The summed E-state index contributed by atoms with van der Waals surface area (Å²) in [6.07, 6.45) is 6.57. The van der Waals surface area contributed by atoms with E-state index in [0.29, 0.717) is 28.9 Å². The molecule has 2 N–H and O–H groups in total. The van der Waals surface area contributed by atoms with E-state index in [-0.39, 0.29) is 5.91 Å². The Morgan fingerprint density at radius 1 is 1.30 bits per heavy atom. The van der Waals surface area contributed by atoms with Crippen LogP contribution in [0.15, 0.2) is 42.7 Å². The lowest BCUT2D eigenvalue weighted by Gasteiger charge is -2.19. The van der Waals surface area contributed by atoms with Gasteiger partial charge in [0.2, 0.25) is 0 Å². The number of amides is 1. The number of fused-ring (bicyclic) bond motifs is 1. The van der Waals surface area contributed by atoms with Crippen molar-refractivity contribution in [3.8, 4) is 5.75 Å². The standard InChI is InChI=1S/C23H24ClN3O2S/c1-14-3-5-17-20(11-14)30-23(26-13-15-7-9-25-10-8-15)21(17)22(28)27-18-12-16(24)4-6-19(18)29-2/h4,6-10,12,14,26H,3,5,11,13H2,1-2H3,(H,27,28)/t14-/m0/s1. The highest BCUT2D eigenvalue weighted by Crippen LogP contribution is 2.40. The molecule has 1 aromatic carbocycles. The van der Waals surface area contributed by atoms with Gasteiger partial charge in [0.1, 0.15) is 10.8 Å². The largest absolute Gasteiger partial charge is 0.495 e. The SMILES string of the molecule is COc1ccc(Cl)cc1NC(=O)c1c(NCc2ccncc2)sc2c1CC[C@H](C)C2. The van der Waals surface area contributed by atoms with Gasteiger partial charge in [-0.25, -0.2) is 0 Å². The fourth-order valence-electron chi connectivity index (χ4n) is 3.76. The molecule has 1 atom stereocenters. The number of anilines is 2. The number of benzene rings is 1. The first-order valence-corrected chi connectivity index (χ1v) is 11.2. The minimum atomic E-state index is -0.139. The predicted octanol–water partition coefficient (Wildman–Crippen LogP) is 5.79. The maximum atomic E-state index is 13.4. The molecule has 0 saturated heterocycles. The molecule has 0 aliphatic heterocycles. The van der Waals surface area contributed by atoms with Crippen molar-refractivity contribution in [2.45, 2.75) is 32.7 Å². The number of ether oxygens (including phenoxy) is 1. The molecule has 0 bridgehead atoms. The van der Waals surface area contributed by atoms with E-state index < -0.39 is 0 Å². The number of rotatable bonds is 6. The van der Waals surface area contributed by atoms with E-state index in [1.54, 1.807) is 49.0 Å². The van der Waals surface area contributed by atoms with E-state index >= 15 is 0 Å². The predicted molar refractivity (Wildman–Crippen MR) is 123 cm³/mol. The van der Waals surface area contributed by atoms with Crippen LogP contribution in [0.3, 0.4) is 0 Å². The van der Waals surface area contributed by atoms with Crippen LogP contribution in [0.5, 0.6) is 5.75 Å². The van der Waals surface area contributed by atoms with Gasteiger partial charge in [-0.3, -0.25) is 9.78 Å². The Hall–Kier alpha value is -2.57. The van der Waals surface area contributed by atoms with Gasteiger partial charge < -0.3 is 15.4 Å². The number of nitrogens with one attached hydrogen (secondary N) is 2. The zero-order valence-electron chi connectivity index (χ0n) is 17.0. The molecule has 1 amide bonds. The molecule has 5 nitrogen and oxygen atoms in total. The van der Waals surface area contributed by atoms with Crippen LogP contribution in [-0.2, 0) is 19.4 Å². The summed E-state index contributed by atoms with van der Waals surface area (Å²) in [5, 5.41) is 7.95. The van der Waals surface area contributed by atoms with Gasteiger partial charge in [-0.2, -0.15) is 0 Å². The van der Waals surface area contributed by atoms with Crippen molar-refractivity contribution in [1.82, 2.24) is 4.98 Å². The molecule has 0 radical (unpaired) electrons. The zero-order chi connectivity index (χ0) is 21.1. The quantitative estimate of drug-likeness (QED) is 0.507. The topological polar surface area (TPSA) is 63.2 Å². The summed E-state index contributed by atoms with van der Waals surface area (Å²) >= 11 is 7.83. The average Bonchev–Trinajstić information content (AvgIpc) is 3.10. The Morgan fingerprint density at radius 3 is 2.87 bits per heavy atom. The van der Waals surface area contributed by atoms with Crippen molar-refractivity contribution in [3.05, 3.63) is 69.3 Å². The number of hydrogen-bond acceptors (Lipinski definition) is 5. The first-order chi connectivity index (χ1) is 14.5. The van der Waals surface area contributed by atoms with E-state index in [2.05, 4.69) is 22.5 Å². The Labute approximate surface area is 185 Å². The molecule has 2 heterocycles. The summed E-state index contributed by atoms with van der Waals surface area (Å²) in [5.74, 6) is 1.07. The summed E-state index contributed by atoms with van der Waals surface area (Å²) in [6, 6.07) is 9.15. The summed E-state index contributed by atoms with van der Waals surface area (Å²) < 4.78 is 5.39. The van der Waals surface area contributed by atoms with Gasteiger partial charge in [0, 0.05) is 28.8 Å². The summed E-state index contributed by atoms with van der Waals surface area (Å²) in [4.78, 5) is 18.8. The molecule has 1 aliphatic carbocycles. The third-order valence-electron chi connectivity index (χ3n) is 5.35. The van der Waals surface area contributed by atoms with Crippen LogP contribution < -0.4 is 15.4 Å². The van der Waals surface area contributed by atoms with Crippen LogP contribution in [0.1, 0.15) is 39.7 Å². The van der Waals surface area contributed by atoms with Gasteiger partial charge in [-0.1, -0.05) is 18.5 Å². The van der Waals surface area contributed by atoms with E-state index in [1.165, 1.54) is 4.88 Å². The van der Waals surface area contributed by atoms with Crippen molar-refractivity contribution in [1.29, 1.82) is 0 Å². The normalized spacial score (nSPS) is 15.4. The molecule has 30 heavy (non-hydrogen) atoms. The number of halogens is 1. The molecule has 0 saturated carbocycles. The van der Waals surface area contributed by atoms with Crippen molar-refractivity contribution in [3.63, 3.8) is 0 Å². The molecule has 4 rings (SSSR count). The minimum absolute atomic E-state index is 0.139. The number of methoxy groups -OCH3 is 1. The number of nitrogens with zero attached hydrogens (tertiary/aromatic N) is 1. The molecule has 7 heteroatoms. The molecule has 2 aromatic heterocycles. The molecule has 0 fully saturated rings. The molecular weight excluding hydrogens is 418 g/mol. The Morgan fingerprint density at radius 2 is 2.10 bits per heavy atom. The fourth-order valence-corrected chi connectivity index (χ4v) is 5.34. The van der Waals surface area contributed by atoms with Crippen LogP contribution in [0.25, 0.3) is 0 Å². The van der Waals surface area contributed by atoms with E-state index in [1.807, 2.05) is 12.1 Å². The average molecular weight is 442 g/mol. The van der Waals surface area contributed by atoms with Crippen molar-refractivity contribution in [2.24, 2.45) is 5.92 Å².